The number of rotatable bonds is 3. The summed E-state index contributed by atoms with van der Waals surface area (Å²) in [5.41, 5.74) is 7.15. The Morgan fingerprint density at radius 3 is 2.88 bits per heavy atom. The minimum absolute atomic E-state index is 0.148. The van der Waals surface area contributed by atoms with E-state index in [1.807, 2.05) is 0 Å². The Bertz CT molecular complexity index is 386. The monoisotopic (exact) mass is 233 g/mol. The standard InChI is InChI=1S/C13H19N3O/c14-11-7-4-8-15-12(11)9-16-13(17)10-5-2-1-3-6-10/h4,7-8,10H,1-3,5-6,9,14H2,(H,16,17). The molecule has 0 aliphatic heterocycles. The van der Waals surface area contributed by atoms with E-state index in [1.165, 1.54) is 19.3 Å². The molecule has 1 aromatic heterocycles. The number of amides is 1. The average molecular weight is 233 g/mol. The Balaban J connectivity index is 1.85. The van der Waals surface area contributed by atoms with Gasteiger partial charge in [-0.3, -0.25) is 9.78 Å². The summed E-state index contributed by atoms with van der Waals surface area (Å²) >= 11 is 0. The summed E-state index contributed by atoms with van der Waals surface area (Å²) in [7, 11) is 0. The van der Waals surface area contributed by atoms with Gasteiger partial charge in [-0.25, -0.2) is 0 Å². The van der Waals surface area contributed by atoms with Crippen LogP contribution in [0.3, 0.4) is 0 Å². The lowest BCUT2D eigenvalue weighted by molar-refractivity contribution is -0.126. The van der Waals surface area contributed by atoms with Gasteiger partial charge in [-0.1, -0.05) is 19.3 Å². The molecule has 2 rings (SSSR count). The van der Waals surface area contributed by atoms with Crippen LogP contribution in [-0.4, -0.2) is 10.9 Å². The second-order valence-electron chi connectivity index (χ2n) is 4.59. The molecule has 1 aliphatic carbocycles. The number of hydrogen-bond acceptors (Lipinski definition) is 3. The van der Waals surface area contributed by atoms with Gasteiger partial charge in [-0.05, 0) is 25.0 Å². The molecular formula is C13H19N3O. The number of nitrogens with one attached hydrogen (secondary N) is 1. The van der Waals surface area contributed by atoms with Gasteiger partial charge < -0.3 is 11.1 Å². The van der Waals surface area contributed by atoms with Gasteiger partial charge in [-0.15, -0.1) is 0 Å². The molecular weight excluding hydrogens is 214 g/mol. The first-order valence-corrected chi connectivity index (χ1v) is 6.24. The second kappa shape index (κ2) is 5.66. The predicted octanol–water partition coefficient (Wildman–Crippen LogP) is 1.86. The molecule has 1 aliphatic rings. The first-order chi connectivity index (χ1) is 8.27. The van der Waals surface area contributed by atoms with E-state index >= 15 is 0 Å². The zero-order chi connectivity index (χ0) is 12.1. The second-order valence-corrected chi connectivity index (χ2v) is 4.59. The normalized spacial score (nSPS) is 16.7. The summed E-state index contributed by atoms with van der Waals surface area (Å²) in [4.78, 5) is 16.1. The van der Waals surface area contributed by atoms with Crippen LogP contribution in [0.25, 0.3) is 0 Å². The minimum atomic E-state index is 0.148. The van der Waals surface area contributed by atoms with Gasteiger partial charge in [-0.2, -0.15) is 0 Å². The number of nitrogens with two attached hydrogens (primary N) is 1. The third kappa shape index (κ3) is 3.19. The lowest BCUT2D eigenvalue weighted by Crippen LogP contribution is -2.31. The Kier molecular flexibility index (Phi) is 3.96. The van der Waals surface area contributed by atoms with Crippen molar-refractivity contribution < 1.29 is 4.79 Å². The van der Waals surface area contributed by atoms with Gasteiger partial charge in [0.1, 0.15) is 0 Å². The third-order valence-corrected chi connectivity index (χ3v) is 3.33. The Hall–Kier alpha value is -1.58. The molecule has 1 aromatic rings. The highest BCUT2D eigenvalue weighted by Crippen LogP contribution is 2.23. The van der Waals surface area contributed by atoms with Gasteiger partial charge in [0, 0.05) is 12.1 Å². The van der Waals surface area contributed by atoms with Gasteiger partial charge in [0.2, 0.25) is 5.91 Å². The summed E-state index contributed by atoms with van der Waals surface area (Å²) in [6.45, 7) is 0.433. The quantitative estimate of drug-likeness (QED) is 0.837. The molecule has 0 saturated heterocycles. The van der Waals surface area contributed by atoms with Crippen molar-refractivity contribution in [2.45, 2.75) is 38.6 Å². The van der Waals surface area contributed by atoms with Crippen LogP contribution in [0.2, 0.25) is 0 Å². The molecule has 0 atom stereocenters. The van der Waals surface area contributed by atoms with Crippen LogP contribution in [0, 0.1) is 5.92 Å². The highest BCUT2D eigenvalue weighted by molar-refractivity contribution is 5.78. The zero-order valence-corrected chi connectivity index (χ0v) is 9.98. The van der Waals surface area contributed by atoms with Crippen LogP contribution in [0.4, 0.5) is 5.69 Å². The largest absolute Gasteiger partial charge is 0.397 e. The van der Waals surface area contributed by atoms with Crippen LogP contribution in [-0.2, 0) is 11.3 Å². The number of carbonyl (C=O) groups is 1. The molecule has 92 valence electrons. The van der Waals surface area contributed by atoms with E-state index < -0.39 is 0 Å². The summed E-state index contributed by atoms with van der Waals surface area (Å²) in [6, 6.07) is 3.59. The van der Waals surface area contributed by atoms with Crippen LogP contribution in [0.1, 0.15) is 37.8 Å². The molecule has 1 amide bonds. The van der Waals surface area contributed by atoms with Crippen molar-refractivity contribution in [3.8, 4) is 0 Å². The summed E-state index contributed by atoms with van der Waals surface area (Å²) in [6.07, 6.45) is 7.33. The van der Waals surface area contributed by atoms with E-state index in [0.717, 1.165) is 18.5 Å². The maximum absolute atomic E-state index is 11.9. The Morgan fingerprint density at radius 1 is 1.41 bits per heavy atom. The molecule has 1 heterocycles. The van der Waals surface area contributed by atoms with Crippen molar-refractivity contribution in [2.24, 2.45) is 5.92 Å². The van der Waals surface area contributed by atoms with E-state index in [0.29, 0.717) is 12.2 Å². The van der Waals surface area contributed by atoms with Gasteiger partial charge in [0.15, 0.2) is 0 Å². The van der Waals surface area contributed by atoms with E-state index in [2.05, 4.69) is 10.3 Å². The molecule has 0 radical (unpaired) electrons. The molecule has 1 fully saturated rings. The van der Waals surface area contributed by atoms with Crippen molar-refractivity contribution in [3.05, 3.63) is 24.0 Å². The van der Waals surface area contributed by atoms with Crippen LogP contribution >= 0.6 is 0 Å². The van der Waals surface area contributed by atoms with E-state index in [-0.39, 0.29) is 11.8 Å². The number of aromatic nitrogens is 1. The number of nitrogen functional groups attached to an aromatic ring is 1. The smallest absolute Gasteiger partial charge is 0.223 e. The van der Waals surface area contributed by atoms with E-state index in [1.54, 1.807) is 18.3 Å². The third-order valence-electron chi connectivity index (χ3n) is 3.33. The number of pyridine rings is 1. The Labute approximate surface area is 102 Å². The molecule has 0 spiro atoms. The predicted molar refractivity (Wildman–Crippen MR) is 67.1 cm³/mol. The fraction of sp³-hybridized carbons (Fsp3) is 0.538. The number of nitrogens with zero attached hydrogens (tertiary/aromatic N) is 1. The van der Waals surface area contributed by atoms with E-state index in [9.17, 15) is 4.79 Å². The fourth-order valence-corrected chi connectivity index (χ4v) is 2.28. The molecule has 0 aromatic carbocycles. The highest BCUT2D eigenvalue weighted by atomic mass is 16.1. The van der Waals surface area contributed by atoms with Crippen molar-refractivity contribution in [1.82, 2.24) is 10.3 Å². The molecule has 17 heavy (non-hydrogen) atoms. The first kappa shape index (κ1) is 11.9. The maximum Gasteiger partial charge on any atom is 0.223 e. The summed E-state index contributed by atoms with van der Waals surface area (Å²) < 4.78 is 0. The Morgan fingerprint density at radius 2 is 2.18 bits per heavy atom. The molecule has 0 bridgehead atoms. The number of hydrogen-bond donors (Lipinski definition) is 2. The maximum atomic E-state index is 11.9. The van der Waals surface area contributed by atoms with Crippen molar-refractivity contribution in [2.75, 3.05) is 5.73 Å². The summed E-state index contributed by atoms with van der Waals surface area (Å²) in [5.74, 6) is 0.337. The van der Waals surface area contributed by atoms with Gasteiger partial charge in [0.25, 0.3) is 0 Å². The lowest BCUT2D eigenvalue weighted by atomic mass is 9.89. The van der Waals surface area contributed by atoms with Gasteiger partial charge >= 0.3 is 0 Å². The molecule has 3 N–H and O–H groups in total. The number of anilines is 1. The average Bonchev–Trinajstić information content (AvgIpc) is 2.38. The highest BCUT2D eigenvalue weighted by Gasteiger charge is 2.20. The van der Waals surface area contributed by atoms with Crippen molar-refractivity contribution >= 4 is 11.6 Å². The van der Waals surface area contributed by atoms with Crippen LogP contribution in [0.15, 0.2) is 18.3 Å². The SMILES string of the molecule is Nc1cccnc1CNC(=O)C1CCCCC1. The first-order valence-electron chi connectivity index (χ1n) is 6.24. The molecule has 4 heteroatoms. The zero-order valence-electron chi connectivity index (χ0n) is 9.98. The van der Waals surface area contributed by atoms with E-state index in [4.69, 9.17) is 5.73 Å². The topological polar surface area (TPSA) is 68.0 Å². The molecule has 4 nitrogen and oxygen atoms in total. The molecule has 0 unspecified atom stereocenters. The molecule has 1 saturated carbocycles. The number of carbonyl (C=O) groups excluding carboxylic acids is 1. The fourth-order valence-electron chi connectivity index (χ4n) is 2.28. The van der Waals surface area contributed by atoms with Crippen LogP contribution in [0.5, 0.6) is 0 Å². The van der Waals surface area contributed by atoms with Crippen molar-refractivity contribution in [3.63, 3.8) is 0 Å². The van der Waals surface area contributed by atoms with Crippen molar-refractivity contribution in [1.29, 1.82) is 0 Å². The van der Waals surface area contributed by atoms with Crippen LogP contribution < -0.4 is 11.1 Å². The van der Waals surface area contributed by atoms with Gasteiger partial charge in [0.05, 0.1) is 17.9 Å². The lowest BCUT2D eigenvalue weighted by Gasteiger charge is -2.20. The summed E-state index contributed by atoms with van der Waals surface area (Å²) in [5, 5.41) is 2.93. The minimum Gasteiger partial charge on any atom is -0.397 e.